The van der Waals surface area contributed by atoms with Crippen LogP contribution < -0.4 is 5.73 Å². The van der Waals surface area contributed by atoms with Crippen molar-refractivity contribution in [3.8, 4) is 5.75 Å². The van der Waals surface area contributed by atoms with Crippen molar-refractivity contribution in [2.24, 2.45) is 5.73 Å². The smallest absolute Gasteiger partial charge is 0.129 e. The summed E-state index contributed by atoms with van der Waals surface area (Å²) >= 11 is 3.26. The fourth-order valence-corrected chi connectivity index (χ4v) is 1.63. The summed E-state index contributed by atoms with van der Waals surface area (Å²) in [5.41, 5.74) is 6.98. The molecule has 0 radical (unpaired) electrons. The highest BCUT2D eigenvalue weighted by Gasteiger charge is 2.06. The topological polar surface area (TPSA) is 46.2 Å². The number of phenolic OH excluding ortho intramolecular Hbond substituents is 1. The quantitative estimate of drug-likeness (QED) is 0.858. The molecule has 0 aliphatic heterocycles. The van der Waals surface area contributed by atoms with Gasteiger partial charge in [-0.15, -0.1) is 0 Å². The van der Waals surface area contributed by atoms with Crippen molar-refractivity contribution >= 4 is 15.9 Å². The second-order valence-electron chi connectivity index (χ2n) is 3.11. The molecule has 0 aliphatic rings. The number of nitrogens with two attached hydrogens (primary N) is 1. The van der Waals surface area contributed by atoms with Crippen LogP contribution in [0.5, 0.6) is 5.75 Å². The van der Waals surface area contributed by atoms with Gasteiger partial charge in [-0.25, -0.2) is 0 Å². The number of phenols is 1. The van der Waals surface area contributed by atoms with Gasteiger partial charge < -0.3 is 10.8 Å². The van der Waals surface area contributed by atoms with Gasteiger partial charge in [-0.05, 0) is 40.0 Å². The van der Waals surface area contributed by atoms with Crippen molar-refractivity contribution in [2.75, 3.05) is 0 Å². The van der Waals surface area contributed by atoms with E-state index in [1.807, 2.05) is 12.1 Å². The molecular weight excluding hydrogens is 230 g/mol. The van der Waals surface area contributed by atoms with E-state index in [4.69, 9.17) is 5.73 Å². The Labute approximate surface area is 86.9 Å². The average Bonchev–Trinajstić information content (AvgIpc) is 2.10. The van der Waals surface area contributed by atoms with E-state index >= 15 is 0 Å². The number of benzene rings is 1. The molecule has 0 aromatic heterocycles. The number of hydrogen-bond acceptors (Lipinski definition) is 2. The predicted molar refractivity (Wildman–Crippen MR) is 57.6 cm³/mol. The van der Waals surface area contributed by atoms with E-state index < -0.39 is 0 Å². The first-order valence-corrected chi connectivity index (χ1v) is 5.18. The number of rotatable bonds is 3. The highest BCUT2D eigenvalue weighted by Crippen LogP contribution is 2.27. The van der Waals surface area contributed by atoms with Crippen LogP contribution in [0.3, 0.4) is 0 Å². The lowest BCUT2D eigenvalue weighted by Crippen LogP contribution is -2.09. The van der Waals surface area contributed by atoms with Gasteiger partial charge in [0.25, 0.3) is 0 Å². The summed E-state index contributed by atoms with van der Waals surface area (Å²) in [5.74, 6) is 0.257. The maximum atomic E-state index is 9.27. The molecule has 3 heteroatoms. The lowest BCUT2D eigenvalue weighted by atomic mass is 10.0. The minimum Gasteiger partial charge on any atom is -0.507 e. The molecule has 1 aromatic carbocycles. The van der Waals surface area contributed by atoms with Gasteiger partial charge in [0.1, 0.15) is 5.75 Å². The highest BCUT2D eigenvalue weighted by atomic mass is 79.9. The van der Waals surface area contributed by atoms with Crippen LogP contribution in [-0.2, 0) is 0 Å². The zero-order chi connectivity index (χ0) is 9.84. The van der Waals surface area contributed by atoms with Gasteiger partial charge in [-0.1, -0.05) is 19.4 Å². The Morgan fingerprint density at radius 1 is 1.54 bits per heavy atom. The van der Waals surface area contributed by atoms with E-state index in [9.17, 15) is 5.11 Å². The molecule has 72 valence electrons. The molecule has 0 saturated carbocycles. The van der Waals surface area contributed by atoms with E-state index in [0.29, 0.717) is 4.47 Å². The Balaban J connectivity index is 2.84. The molecule has 0 saturated heterocycles. The van der Waals surface area contributed by atoms with Crippen molar-refractivity contribution < 1.29 is 5.11 Å². The zero-order valence-electron chi connectivity index (χ0n) is 7.63. The summed E-state index contributed by atoms with van der Waals surface area (Å²) in [6, 6.07) is 5.47. The molecule has 0 amide bonds. The van der Waals surface area contributed by atoms with E-state index in [1.54, 1.807) is 6.07 Å². The number of hydrogen-bond donors (Lipinski definition) is 2. The zero-order valence-corrected chi connectivity index (χ0v) is 9.21. The van der Waals surface area contributed by atoms with Gasteiger partial charge >= 0.3 is 0 Å². The molecule has 0 aliphatic carbocycles. The summed E-state index contributed by atoms with van der Waals surface area (Å²) in [6.07, 6.45) is 2.04. The number of halogens is 1. The van der Waals surface area contributed by atoms with E-state index in [0.717, 1.165) is 18.4 Å². The standard InChI is InChI=1S/C10H14BrNO/c1-2-3-9(12)7-4-5-10(13)8(11)6-7/h4-6,9,13H,2-3,12H2,1H3/t9-/m1/s1. The van der Waals surface area contributed by atoms with Gasteiger partial charge in [-0.3, -0.25) is 0 Å². The Morgan fingerprint density at radius 3 is 2.77 bits per heavy atom. The van der Waals surface area contributed by atoms with E-state index in [2.05, 4.69) is 22.9 Å². The fraction of sp³-hybridized carbons (Fsp3) is 0.400. The van der Waals surface area contributed by atoms with Gasteiger partial charge in [0.15, 0.2) is 0 Å². The van der Waals surface area contributed by atoms with Crippen molar-refractivity contribution in [3.63, 3.8) is 0 Å². The summed E-state index contributed by atoms with van der Waals surface area (Å²) < 4.78 is 0.705. The van der Waals surface area contributed by atoms with Crippen LogP contribution in [0.4, 0.5) is 0 Å². The van der Waals surface area contributed by atoms with Gasteiger partial charge in [0.2, 0.25) is 0 Å². The van der Waals surface area contributed by atoms with Gasteiger partial charge in [-0.2, -0.15) is 0 Å². The molecule has 0 spiro atoms. The lowest BCUT2D eigenvalue weighted by Gasteiger charge is -2.11. The molecule has 0 bridgehead atoms. The minimum absolute atomic E-state index is 0.0712. The average molecular weight is 244 g/mol. The Morgan fingerprint density at radius 2 is 2.23 bits per heavy atom. The molecular formula is C10H14BrNO. The largest absolute Gasteiger partial charge is 0.507 e. The second kappa shape index (κ2) is 4.63. The lowest BCUT2D eigenvalue weighted by molar-refractivity contribution is 0.471. The maximum absolute atomic E-state index is 9.27. The molecule has 13 heavy (non-hydrogen) atoms. The number of aromatic hydroxyl groups is 1. The molecule has 1 atom stereocenters. The SMILES string of the molecule is CCC[C@@H](N)c1ccc(O)c(Br)c1. The van der Waals surface area contributed by atoms with Crippen LogP contribution in [0.25, 0.3) is 0 Å². The Kier molecular flexibility index (Phi) is 3.75. The third kappa shape index (κ3) is 2.71. The van der Waals surface area contributed by atoms with Gasteiger partial charge in [0.05, 0.1) is 4.47 Å². The second-order valence-corrected chi connectivity index (χ2v) is 3.96. The summed E-state index contributed by atoms with van der Waals surface area (Å²) in [6.45, 7) is 2.11. The Hall–Kier alpha value is -0.540. The maximum Gasteiger partial charge on any atom is 0.129 e. The van der Waals surface area contributed by atoms with Crippen molar-refractivity contribution in [1.82, 2.24) is 0 Å². The first-order valence-electron chi connectivity index (χ1n) is 4.39. The van der Waals surface area contributed by atoms with E-state index in [1.165, 1.54) is 0 Å². The monoisotopic (exact) mass is 243 g/mol. The summed E-state index contributed by atoms with van der Waals surface area (Å²) in [5, 5.41) is 9.27. The van der Waals surface area contributed by atoms with Crippen LogP contribution in [0.1, 0.15) is 31.4 Å². The molecule has 1 aromatic rings. The molecule has 0 unspecified atom stereocenters. The third-order valence-electron chi connectivity index (χ3n) is 2.00. The summed E-state index contributed by atoms with van der Waals surface area (Å²) in [7, 11) is 0. The van der Waals surface area contributed by atoms with Crippen LogP contribution in [0.15, 0.2) is 22.7 Å². The molecule has 0 heterocycles. The fourth-order valence-electron chi connectivity index (χ4n) is 1.23. The van der Waals surface area contributed by atoms with Gasteiger partial charge in [0, 0.05) is 6.04 Å². The minimum atomic E-state index is 0.0712. The first kappa shape index (κ1) is 10.5. The van der Waals surface area contributed by atoms with Crippen LogP contribution in [-0.4, -0.2) is 5.11 Å². The van der Waals surface area contributed by atoms with Crippen molar-refractivity contribution in [3.05, 3.63) is 28.2 Å². The van der Waals surface area contributed by atoms with Crippen LogP contribution in [0.2, 0.25) is 0 Å². The van der Waals surface area contributed by atoms with Crippen molar-refractivity contribution in [2.45, 2.75) is 25.8 Å². The first-order chi connectivity index (χ1) is 6.15. The third-order valence-corrected chi connectivity index (χ3v) is 2.63. The van der Waals surface area contributed by atoms with Crippen LogP contribution >= 0.6 is 15.9 Å². The Bertz CT molecular complexity index is 288. The predicted octanol–water partition coefficient (Wildman–Crippen LogP) is 2.95. The highest BCUT2D eigenvalue weighted by molar-refractivity contribution is 9.10. The molecule has 2 nitrogen and oxygen atoms in total. The molecule has 3 N–H and O–H groups in total. The van der Waals surface area contributed by atoms with E-state index in [-0.39, 0.29) is 11.8 Å². The molecule has 0 fully saturated rings. The normalized spacial score (nSPS) is 12.8. The van der Waals surface area contributed by atoms with Crippen molar-refractivity contribution in [1.29, 1.82) is 0 Å². The summed E-state index contributed by atoms with van der Waals surface area (Å²) in [4.78, 5) is 0. The molecule has 1 rings (SSSR count). The van der Waals surface area contributed by atoms with Crippen LogP contribution in [0, 0.1) is 0 Å².